The fourth-order valence-electron chi connectivity index (χ4n) is 4.27. The van der Waals surface area contributed by atoms with E-state index in [4.69, 9.17) is 9.72 Å². The van der Waals surface area contributed by atoms with Crippen molar-refractivity contribution in [3.8, 4) is 16.3 Å². The number of piperidine rings is 1. The first kappa shape index (κ1) is 24.4. The van der Waals surface area contributed by atoms with Gasteiger partial charge in [-0.3, -0.25) is 0 Å². The van der Waals surface area contributed by atoms with E-state index in [-0.39, 0.29) is 18.2 Å². The number of thiophene rings is 1. The topological polar surface area (TPSA) is 91.3 Å². The number of nitrogens with zero attached hydrogens (tertiary/aromatic N) is 2. The number of rotatable bonds is 9. The molecular formula is C26H35N5O2S. The third kappa shape index (κ3) is 6.46. The molecule has 0 spiro atoms. The SMILES string of the molecule is C=C1CC(Nc2nccc(-c3cc4ccc(OCC(O)CNC(C)C)cc4s3)n2)CC(C)(C)N1. The maximum atomic E-state index is 10.1. The summed E-state index contributed by atoms with van der Waals surface area (Å²) in [4.78, 5) is 10.3. The molecule has 1 aromatic carbocycles. The summed E-state index contributed by atoms with van der Waals surface area (Å²) in [6, 6.07) is 10.7. The number of fused-ring (bicyclic) bond motifs is 1. The Bertz CT molecular complexity index is 1140. The molecule has 0 saturated carbocycles. The van der Waals surface area contributed by atoms with E-state index in [0.29, 0.717) is 18.5 Å². The fraction of sp³-hybridized carbons (Fsp3) is 0.462. The molecule has 2 atom stereocenters. The summed E-state index contributed by atoms with van der Waals surface area (Å²) in [5.74, 6) is 1.39. The monoisotopic (exact) mass is 481 g/mol. The standard InChI is InChI=1S/C26H35N5O2S/c1-16(2)28-14-20(32)15-33-21-7-6-18-11-24(34-23(18)12-21)22-8-9-27-25(30-22)29-19-10-17(3)31-26(4,5)13-19/h6-9,11-12,16,19-20,28,31-32H,3,10,13-15H2,1-2,4-5H3,(H,27,29,30). The Morgan fingerprint density at radius 2 is 2.12 bits per heavy atom. The van der Waals surface area contributed by atoms with Crippen LogP contribution in [-0.2, 0) is 0 Å². The van der Waals surface area contributed by atoms with Gasteiger partial charge in [-0.15, -0.1) is 11.3 Å². The highest BCUT2D eigenvalue weighted by molar-refractivity contribution is 7.22. The number of nitrogens with one attached hydrogen (secondary N) is 3. The molecular weight excluding hydrogens is 446 g/mol. The molecule has 3 heterocycles. The summed E-state index contributed by atoms with van der Waals surface area (Å²) in [7, 11) is 0. The van der Waals surface area contributed by atoms with Crippen LogP contribution in [0.3, 0.4) is 0 Å². The number of benzene rings is 1. The molecule has 1 aliphatic rings. The van der Waals surface area contributed by atoms with Gasteiger partial charge in [0.25, 0.3) is 0 Å². The van der Waals surface area contributed by atoms with Gasteiger partial charge in [-0.2, -0.15) is 0 Å². The van der Waals surface area contributed by atoms with Crippen molar-refractivity contribution < 1.29 is 9.84 Å². The van der Waals surface area contributed by atoms with E-state index in [1.807, 2.05) is 24.3 Å². The van der Waals surface area contributed by atoms with Crippen LogP contribution in [0.4, 0.5) is 5.95 Å². The first-order valence-corrected chi connectivity index (χ1v) is 12.6. The van der Waals surface area contributed by atoms with Crippen molar-refractivity contribution in [2.45, 2.75) is 64.3 Å². The maximum absolute atomic E-state index is 10.1. The molecule has 4 rings (SSSR count). The molecule has 0 bridgehead atoms. The smallest absolute Gasteiger partial charge is 0.223 e. The van der Waals surface area contributed by atoms with Gasteiger partial charge < -0.3 is 25.8 Å². The largest absolute Gasteiger partial charge is 0.491 e. The number of aromatic nitrogens is 2. The summed E-state index contributed by atoms with van der Waals surface area (Å²) >= 11 is 1.67. The van der Waals surface area contributed by atoms with Crippen LogP contribution in [0.25, 0.3) is 20.7 Å². The van der Waals surface area contributed by atoms with Crippen molar-refractivity contribution in [1.29, 1.82) is 0 Å². The summed E-state index contributed by atoms with van der Waals surface area (Å²) in [5, 5.41) is 21.4. The number of aliphatic hydroxyl groups is 1. The average Bonchev–Trinajstić information content (AvgIpc) is 3.18. The van der Waals surface area contributed by atoms with Crippen molar-refractivity contribution in [2.75, 3.05) is 18.5 Å². The summed E-state index contributed by atoms with van der Waals surface area (Å²) in [6.45, 7) is 13.4. The second-order valence-corrected chi connectivity index (χ2v) is 11.0. The molecule has 34 heavy (non-hydrogen) atoms. The Labute approximate surface area is 205 Å². The van der Waals surface area contributed by atoms with Crippen molar-refractivity contribution >= 4 is 27.4 Å². The lowest BCUT2D eigenvalue weighted by atomic mass is 9.88. The minimum Gasteiger partial charge on any atom is -0.491 e. The van der Waals surface area contributed by atoms with Crippen LogP contribution in [-0.4, -0.2) is 52.0 Å². The molecule has 2 unspecified atom stereocenters. The van der Waals surface area contributed by atoms with E-state index in [1.54, 1.807) is 17.5 Å². The van der Waals surface area contributed by atoms with Crippen molar-refractivity contribution in [3.63, 3.8) is 0 Å². The van der Waals surface area contributed by atoms with Crippen LogP contribution in [0.15, 0.2) is 48.8 Å². The Morgan fingerprint density at radius 1 is 1.29 bits per heavy atom. The van der Waals surface area contributed by atoms with Gasteiger partial charge in [-0.1, -0.05) is 20.4 Å². The minimum atomic E-state index is -0.549. The van der Waals surface area contributed by atoms with E-state index in [1.165, 1.54) is 0 Å². The Hall–Kier alpha value is -2.68. The first-order valence-electron chi connectivity index (χ1n) is 11.8. The third-order valence-corrected chi connectivity index (χ3v) is 6.82. The molecule has 0 aliphatic carbocycles. The van der Waals surface area contributed by atoms with E-state index in [2.05, 4.69) is 61.3 Å². The van der Waals surface area contributed by atoms with E-state index in [9.17, 15) is 5.11 Å². The van der Waals surface area contributed by atoms with Gasteiger partial charge >= 0.3 is 0 Å². The molecule has 4 N–H and O–H groups in total. The van der Waals surface area contributed by atoms with Gasteiger partial charge in [0.2, 0.25) is 5.95 Å². The summed E-state index contributed by atoms with van der Waals surface area (Å²) in [6.07, 6.45) is 3.07. The number of aliphatic hydroxyl groups excluding tert-OH is 1. The molecule has 2 aromatic heterocycles. The number of hydrogen-bond acceptors (Lipinski definition) is 8. The highest BCUT2D eigenvalue weighted by Gasteiger charge is 2.29. The molecule has 0 radical (unpaired) electrons. The van der Waals surface area contributed by atoms with E-state index in [0.717, 1.165) is 44.9 Å². The molecule has 0 amide bonds. The van der Waals surface area contributed by atoms with Crippen LogP contribution in [0.5, 0.6) is 5.75 Å². The van der Waals surface area contributed by atoms with Gasteiger partial charge in [-0.05, 0) is 56.0 Å². The molecule has 1 aliphatic heterocycles. The predicted molar refractivity (Wildman–Crippen MR) is 140 cm³/mol. The van der Waals surface area contributed by atoms with Crippen LogP contribution in [0.2, 0.25) is 0 Å². The lowest BCUT2D eigenvalue weighted by Gasteiger charge is -2.38. The molecule has 1 saturated heterocycles. The lowest BCUT2D eigenvalue weighted by molar-refractivity contribution is 0.105. The van der Waals surface area contributed by atoms with Gasteiger partial charge in [0.05, 0.1) is 10.6 Å². The van der Waals surface area contributed by atoms with Crippen LogP contribution in [0.1, 0.15) is 40.5 Å². The first-order chi connectivity index (χ1) is 16.2. The van der Waals surface area contributed by atoms with Gasteiger partial charge in [-0.25, -0.2) is 9.97 Å². The zero-order valence-electron chi connectivity index (χ0n) is 20.4. The number of hydrogen-bond donors (Lipinski definition) is 4. The van der Waals surface area contributed by atoms with Gasteiger partial charge in [0.1, 0.15) is 18.5 Å². The Kier molecular flexibility index (Phi) is 7.40. The zero-order chi connectivity index (χ0) is 24.3. The quantitative estimate of drug-likeness (QED) is 0.356. The maximum Gasteiger partial charge on any atom is 0.223 e. The van der Waals surface area contributed by atoms with E-state index >= 15 is 0 Å². The summed E-state index contributed by atoms with van der Waals surface area (Å²) < 4.78 is 6.94. The average molecular weight is 482 g/mol. The Morgan fingerprint density at radius 3 is 2.88 bits per heavy atom. The fourth-order valence-corrected chi connectivity index (χ4v) is 5.33. The second-order valence-electron chi connectivity index (χ2n) is 9.97. The van der Waals surface area contributed by atoms with Gasteiger partial charge in [0.15, 0.2) is 0 Å². The van der Waals surface area contributed by atoms with Crippen molar-refractivity contribution in [3.05, 3.63) is 48.8 Å². The predicted octanol–water partition coefficient (Wildman–Crippen LogP) is 4.55. The highest BCUT2D eigenvalue weighted by atomic mass is 32.1. The second kappa shape index (κ2) is 10.3. The van der Waals surface area contributed by atoms with Crippen molar-refractivity contribution in [2.24, 2.45) is 0 Å². The normalized spacial score (nSPS) is 18.6. The lowest BCUT2D eigenvalue weighted by Crippen LogP contribution is -2.48. The highest BCUT2D eigenvalue weighted by Crippen LogP contribution is 2.35. The minimum absolute atomic E-state index is 0.00313. The van der Waals surface area contributed by atoms with Crippen LogP contribution >= 0.6 is 11.3 Å². The molecule has 8 heteroatoms. The van der Waals surface area contributed by atoms with E-state index < -0.39 is 6.10 Å². The van der Waals surface area contributed by atoms with Crippen LogP contribution < -0.4 is 20.7 Å². The molecule has 3 aromatic rings. The molecule has 1 fully saturated rings. The summed E-state index contributed by atoms with van der Waals surface area (Å²) in [5.41, 5.74) is 1.93. The number of ether oxygens (including phenoxy) is 1. The Balaban J connectivity index is 1.44. The third-order valence-electron chi connectivity index (χ3n) is 5.70. The van der Waals surface area contributed by atoms with Crippen LogP contribution in [0, 0.1) is 0 Å². The molecule has 7 nitrogen and oxygen atoms in total. The van der Waals surface area contributed by atoms with Crippen molar-refractivity contribution in [1.82, 2.24) is 20.6 Å². The van der Waals surface area contributed by atoms with Gasteiger partial charge in [0, 0.05) is 47.2 Å². The molecule has 182 valence electrons. The zero-order valence-corrected chi connectivity index (χ0v) is 21.2. The number of anilines is 1.